The molecule has 0 bridgehead atoms. The number of nitrogens with two attached hydrogens (primary N) is 2. The van der Waals surface area contributed by atoms with Crippen molar-refractivity contribution in [3.8, 4) is 16.9 Å². The smallest absolute Gasteiger partial charge is 0.265 e. The van der Waals surface area contributed by atoms with Gasteiger partial charge in [0.1, 0.15) is 11.6 Å². The van der Waals surface area contributed by atoms with Crippen molar-refractivity contribution in [3.05, 3.63) is 79.0 Å². The zero-order valence-electron chi connectivity index (χ0n) is 19.8. The van der Waals surface area contributed by atoms with E-state index in [0.717, 1.165) is 23.6 Å². The molecule has 0 saturated heterocycles. The van der Waals surface area contributed by atoms with E-state index in [1.807, 2.05) is 24.3 Å². The summed E-state index contributed by atoms with van der Waals surface area (Å²) in [5, 5.41) is 9.82. The molecule has 1 heterocycles. The molecule has 1 aromatic heterocycles. The van der Waals surface area contributed by atoms with Gasteiger partial charge < -0.3 is 15.8 Å². The number of nitrogens with zero attached hydrogens (tertiary/aromatic N) is 1. The number of benzene rings is 3. The average molecular weight is 505 g/mol. The first-order chi connectivity index (χ1) is 17.3. The van der Waals surface area contributed by atoms with E-state index in [9.17, 15) is 13.2 Å². The van der Waals surface area contributed by atoms with Crippen LogP contribution in [0.4, 0.5) is 11.5 Å². The van der Waals surface area contributed by atoms with Crippen molar-refractivity contribution in [1.29, 1.82) is 0 Å². The molecule has 0 aliphatic heterocycles. The fraction of sp³-hybridized carbons (Fsp3) is 0.185. The Morgan fingerprint density at radius 1 is 1.00 bits per heavy atom. The van der Waals surface area contributed by atoms with Gasteiger partial charge in [0.15, 0.2) is 6.10 Å². The average Bonchev–Trinajstić information content (AvgIpc) is 2.87. The number of carbonyl (C=O) groups is 1. The summed E-state index contributed by atoms with van der Waals surface area (Å²) in [5.41, 5.74) is 7.72. The van der Waals surface area contributed by atoms with Gasteiger partial charge in [-0.05, 0) is 48.7 Å². The third-order valence-electron chi connectivity index (χ3n) is 5.84. The quantitative estimate of drug-likeness (QED) is 0.302. The Morgan fingerprint density at radius 2 is 1.75 bits per heavy atom. The number of sulfonamides is 1. The topological polar surface area (TPSA) is 137 Å². The number of amides is 1. The van der Waals surface area contributed by atoms with Crippen LogP contribution in [0.3, 0.4) is 0 Å². The van der Waals surface area contributed by atoms with Crippen LogP contribution in [0.5, 0.6) is 5.75 Å². The number of nitrogens with one attached hydrogen (secondary N) is 1. The zero-order valence-corrected chi connectivity index (χ0v) is 20.7. The normalized spacial score (nSPS) is 12.3. The molecular weight excluding hydrogens is 476 g/mol. The molecule has 0 fully saturated rings. The van der Waals surface area contributed by atoms with Crippen molar-refractivity contribution in [1.82, 2.24) is 4.98 Å². The number of carbonyl (C=O) groups excluding carboxylic acids is 1. The standard InChI is InChI=1S/C27H28N4O4S/c1-2-3-9-24(35-23-10-6-8-22-21(23)16-17-30-26(22)28)27(32)31-19-14-12-18(13-15-19)20-7-4-5-11-25(20)36(29,33)34/h4-8,10-17,24H,2-3,9H2,1H3,(H2,28,30)(H,31,32)(H2,29,33,34). The first kappa shape index (κ1) is 25.2. The summed E-state index contributed by atoms with van der Waals surface area (Å²) >= 11 is 0. The third-order valence-corrected chi connectivity index (χ3v) is 6.80. The highest BCUT2D eigenvalue weighted by Gasteiger charge is 2.22. The zero-order chi connectivity index (χ0) is 25.7. The molecule has 0 radical (unpaired) electrons. The van der Waals surface area contributed by atoms with Crippen LogP contribution in [0.1, 0.15) is 26.2 Å². The van der Waals surface area contributed by atoms with Gasteiger partial charge in [0.05, 0.1) is 4.90 Å². The lowest BCUT2D eigenvalue weighted by molar-refractivity contribution is -0.123. The number of anilines is 2. The Morgan fingerprint density at radius 3 is 2.47 bits per heavy atom. The van der Waals surface area contributed by atoms with Crippen LogP contribution >= 0.6 is 0 Å². The number of fused-ring (bicyclic) bond motifs is 1. The SMILES string of the molecule is CCCCC(Oc1cccc2c(N)nccc12)C(=O)Nc1ccc(-c2ccccc2S(N)(=O)=O)cc1. The fourth-order valence-electron chi connectivity index (χ4n) is 4.00. The van der Waals surface area contributed by atoms with Crippen LogP contribution in [0.2, 0.25) is 0 Å². The molecule has 8 nitrogen and oxygen atoms in total. The maximum absolute atomic E-state index is 13.2. The molecule has 3 aromatic carbocycles. The van der Waals surface area contributed by atoms with Gasteiger partial charge in [-0.3, -0.25) is 4.79 Å². The van der Waals surface area contributed by atoms with E-state index in [4.69, 9.17) is 15.6 Å². The summed E-state index contributed by atoms with van der Waals surface area (Å²) in [5.74, 6) is 0.685. The van der Waals surface area contributed by atoms with E-state index < -0.39 is 16.1 Å². The summed E-state index contributed by atoms with van der Waals surface area (Å²) in [7, 11) is -3.88. The molecule has 9 heteroatoms. The van der Waals surface area contributed by atoms with Gasteiger partial charge in [0.2, 0.25) is 10.0 Å². The summed E-state index contributed by atoms with van der Waals surface area (Å²) in [4.78, 5) is 17.4. The molecule has 4 aromatic rings. The van der Waals surface area contributed by atoms with Crippen LogP contribution in [0.25, 0.3) is 21.9 Å². The molecule has 1 amide bonds. The maximum Gasteiger partial charge on any atom is 0.265 e. The Hall–Kier alpha value is -3.95. The van der Waals surface area contributed by atoms with Gasteiger partial charge in [-0.2, -0.15) is 0 Å². The summed E-state index contributed by atoms with van der Waals surface area (Å²) in [6.07, 6.45) is 3.17. The van der Waals surface area contributed by atoms with Gasteiger partial charge in [-0.25, -0.2) is 18.5 Å². The number of hydrogen-bond donors (Lipinski definition) is 3. The second-order valence-corrected chi connectivity index (χ2v) is 9.93. The minimum Gasteiger partial charge on any atom is -0.480 e. The van der Waals surface area contributed by atoms with E-state index in [1.165, 1.54) is 6.07 Å². The third kappa shape index (κ3) is 5.64. The van der Waals surface area contributed by atoms with E-state index in [0.29, 0.717) is 34.8 Å². The van der Waals surface area contributed by atoms with Crippen molar-refractivity contribution in [2.45, 2.75) is 37.2 Å². The number of primary sulfonamides is 1. The van der Waals surface area contributed by atoms with Crippen LogP contribution in [0, 0.1) is 0 Å². The minimum absolute atomic E-state index is 0.0424. The number of hydrogen-bond acceptors (Lipinski definition) is 6. The highest BCUT2D eigenvalue weighted by molar-refractivity contribution is 7.89. The largest absolute Gasteiger partial charge is 0.480 e. The van der Waals surface area contributed by atoms with Gasteiger partial charge in [-0.1, -0.05) is 55.8 Å². The molecule has 4 rings (SSSR count). The molecule has 1 unspecified atom stereocenters. The number of aromatic nitrogens is 1. The van der Waals surface area contributed by atoms with Gasteiger partial charge >= 0.3 is 0 Å². The Kier molecular flexibility index (Phi) is 7.52. The number of nitrogen functional groups attached to an aromatic ring is 1. The minimum atomic E-state index is -3.88. The van der Waals surface area contributed by atoms with E-state index in [-0.39, 0.29) is 10.8 Å². The van der Waals surface area contributed by atoms with Crippen molar-refractivity contribution < 1.29 is 17.9 Å². The first-order valence-corrected chi connectivity index (χ1v) is 13.2. The van der Waals surface area contributed by atoms with Crippen molar-refractivity contribution in [3.63, 3.8) is 0 Å². The predicted octanol–water partition coefficient (Wildman–Crippen LogP) is 4.71. The molecule has 186 valence electrons. The van der Waals surface area contributed by atoms with Crippen LogP contribution in [-0.4, -0.2) is 25.4 Å². The molecule has 36 heavy (non-hydrogen) atoms. The van der Waals surface area contributed by atoms with Gasteiger partial charge in [0, 0.05) is 28.2 Å². The molecule has 0 saturated carbocycles. The second kappa shape index (κ2) is 10.8. The monoisotopic (exact) mass is 504 g/mol. The lowest BCUT2D eigenvalue weighted by atomic mass is 10.1. The Bertz CT molecular complexity index is 1490. The molecule has 0 spiro atoms. The van der Waals surface area contributed by atoms with Crippen LogP contribution in [-0.2, 0) is 14.8 Å². The number of rotatable bonds is 9. The van der Waals surface area contributed by atoms with E-state index >= 15 is 0 Å². The lowest BCUT2D eigenvalue weighted by Crippen LogP contribution is -2.33. The highest BCUT2D eigenvalue weighted by Crippen LogP contribution is 2.30. The molecule has 0 aliphatic rings. The number of ether oxygens (including phenoxy) is 1. The van der Waals surface area contributed by atoms with Crippen molar-refractivity contribution in [2.24, 2.45) is 5.14 Å². The Labute approximate surface area is 210 Å². The maximum atomic E-state index is 13.2. The van der Waals surface area contributed by atoms with E-state index in [1.54, 1.807) is 48.7 Å². The highest BCUT2D eigenvalue weighted by atomic mass is 32.2. The molecule has 1 atom stereocenters. The number of pyridine rings is 1. The Balaban J connectivity index is 1.55. The van der Waals surface area contributed by atoms with Crippen LogP contribution in [0.15, 0.2) is 83.9 Å². The molecule has 5 N–H and O–H groups in total. The van der Waals surface area contributed by atoms with Crippen molar-refractivity contribution in [2.75, 3.05) is 11.1 Å². The summed E-state index contributed by atoms with van der Waals surface area (Å²) < 4.78 is 30.1. The van der Waals surface area contributed by atoms with Crippen molar-refractivity contribution >= 4 is 38.2 Å². The second-order valence-electron chi connectivity index (χ2n) is 8.40. The predicted molar refractivity (Wildman–Crippen MR) is 142 cm³/mol. The first-order valence-electron chi connectivity index (χ1n) is 11.6. The van der Waals surface area contributed by atoms with Crippen LogP contribution < -0.4 is 20.9 Å². The summed E-state index contributed by atoms with van der Waals surface area (Å²) in [6.45, 7) is 2.05. The summed E-state index contributed by atoms with van der Waals surface area (Å²) in [6, 6.07) is 20.7. The molecule has 0 aliphatic carbocycles. The fourth-order valence-corrected chi connectivity index (χ4v) is 4.76. The lowest BCUT2D eigenvalue weighted by Gasteiger charge is -2.20. The van der Waals surface area contributed by atoms with Gasteiger partial charge in [0.25, 0.3) is 5.91 Å². The van der Waals surface area contributed by atoms with Gasteiger partial charge in [-0.15, -0.1) is 0 Å². The van der Waals surface area contributed by atoms with E-state index in [2.05, 4.69) is 17.2 Å². The number of unbranched alkanes of at least 4 members (excludes halogenated alkanes) is 1. The molecular formula is C27H28N4O4S.